The molecule has 1 unspecified atom stereocenters. The summed E-state index contributed by atoms with van der Waals surface area (Å²) in [5, 5.41) is 25.0. The lowest BCUT2D eigenvalue weighted by Gasteiger charge is -2.05. The highest BCUT2D eigenvalue weighted by Gasteiger charge is 1.99. The van der Waals surface area contributed by atoms with E-state index in [4.69, 9.17) is 20.2 Å². The van der Waals surface area contributed by atoms with E-state index in [9.17, 15) is 4.79 Å². The van der Waals surface area contributed by atoms with Gasteiger partial charge in [-0.1, -0.05) is 0 Å². The quantitative estimate of drug-likeness (QED) is 0.607. The monoisotopic (exact) mass is 203 g/mol. The fourth-order valence-electron chi connectivity index (χ4n) is 0.390. The summed E-state index contributed by atoms with van der Waals surface area (Å²) in [5.74, 6) is 0.167. The molecular formula is C9H17NO4. The third-order valence-electron chi connectivity index (χ3n) is 0.879. The number of hydrogen-bond donors (Lipinski definition) is 2. The fraction of sp³-hybridized carbons (Fsp3) is 0.778. The van der Waals surface area contributed by atoms with Gasteiger partial charge >= 0.3 is 0 Å². The lowest BCUT2D eigenvalue weighted by atomic mass is 10.4. The van der Waals surface area contributed by atoms with Crippen LogP contribution in [0.25, 0.3) is 0 Å². The molecular weight excluding hydrogens is 186 g/mol. The van der Waals surface area contributed by atoms with Gasteiger partial charge in [0, 0.05) is 0 Å². The molecule has 0 aliphatic rings. The molecule has 14 heavy (non-hydrogen) atoms. The normalized spacial score (nSPS) is 10.8. The summed E-state index contributed by atoms with van der Waals surface area (Å²) >= 11 is 0. The van der Waals surface area contributed by atoms with Crippen molar-refractivity contribution in [3.8, 4) is 6.07 Å². The third kappa shape index (κ3) is 22.5. The minimum Gasteiger partial charge on any atom is -0.394 e. The lowest BCUT2D eigenvalue weighted by Crippen LogP contribution is -2.19. The van der Waals surface area contributed by atoms with Crippen molar-refractivity contribution < 1.29 is 19.7 Å². The molecule has 0 radical (unpaired) electrons. The Labute approximate surface area is 83.9 Å². The van der Waals surface area contributed by atoms with Crippen LogP contribution in [0.1, 0.15) is 20.3 Å². The summed E-state index contributed by atoms with van der Waals surface area (Å²) in [6.45, 7) is 3.16. The summed E-state index contributed by atoms with van der Waals surface area (Å²) in [4.78, 5) is 9.44. The van der Waals surface area contributed by atoms with Crippen molar-refractivity contribution in [2.24, 2.45) is 0 Å². The first-order chi connectivity index (χ1) is 6.54. The molecule has 0 amide bonds. The number of rotatable bonds is 5. The van der Waals surface area contributed by atoms with Crippen molar-refractivity contribution in [2.75, 3.05) is 19.8 Å². The fourth-order valence-corrected chi connectivity index (χ4v) is 0.390. The predicted octanol–water partition coefficient (Wildman–Crippen LogP) is -0.135. The van der Waals surface area contributed by atoms with Crippen LogP contribution in [0.2, 0.25) is 0 Å². The summed E-state index contributed by atoms with van der Waals surface area (Å²) in [6.07, 6.45) is -0.503. The van der Waals surface area contributed by atoms with Crippen molar-refractivity contribution in [3.05, 3.63) is 0 Å². The molecule has 0 aromatic carbocycles. The molecule has 0 aromatic rings. The van der Waals surface area contributed by atoms with Crippen molar-refractivity contribution in [2.45, 2.75) is 26.4 Å². The largest absolute Gasteiger partial charge is 0.394 e. The van der Waals surface area contributed by atoms with Gasteiger partial charge in [0.05, 0.1) is 32.3 Å². The molecule has 5 heteroatoms. The van der Waals surface area contributed by atoms with E-state index in [1.54, 1.807) is 0 Å². The van der Waals surface area contributed by atoms with Gasteiger partial charge in [0.25, 0.3) is 0 Å². The average Bonchev–Trinajstić information content (AvgIpc) is 2.11. The maximum atomic E-state index is 9.44. The molecule has 5 nitrogen and oxygen atoms in total. The first-order valence-electron chi connectivity index (χ1n) is 4.25. The topological polar surface area (TPSA) is 90.6 Å². The number of aliphatic hydroxyl groups is 2. The Kier molecular flexibility index (Phi) is 13.3. The van der Waals surface area contributed by atoms with Crippen LogP contribution in [0, 0.1) is 11.3 Å². The van der Waals surface area contributed by atoms with Crippen LogP contribution in [0.4, 0.5) is 0 Å². The highest BCUT2D eigenvalue weighted by Crippen LogP contribution is 1.85. The van der Waals surface area contributed by atoms with Gasteiger partial charge in [0.2, 0.25) is 0 Å². The van der Waals surface area contributed by atoms with E-state index in [-0.39, 0.29) is 19.0 Å². The van der Waals surface area contributed by atoms with Crippen LogP contribution in [-0.2, 0) is 9.53 Å². The number of ketones is 1. The molecule has 0 aliphatic heterocycles. The van der Waals surface area contributed by atoms with E-state index >= 15 is 0 Å². The van der Waals surface area contributed by atoms with Crippen LogP contribution in [-0.4, -0.2) is 41.9 Å². The summed E-state index contributed by atoms with van der Waals surface area (Å²) in [5.41, 5.74) is 0. The molecule has 0 saturated carbocycles. The maximum Gasteiger partial charge on any atom is 0.126 e. The standard InChI is InChI=1S/C6H11NO3.C3H6O/c7-2-1-3-10-5-6(9)4-8;1-3(2)4/h6,8-9H,1,3-5H2;1-2H3. The molecule has 2 N–H and O–H groups in total. The van der Waals surface area contributed by atoms with Gasteiger partial charge in [-0.05, 0) is 13.8 Å². The van der Waals surface area contributed by atoms with Gasteiger partial charge < -0.3 is 19.7 Å². The van der Waals surface area contributed by atoms with E-state index < -0.39 is 6.10 Å². The molecule has 0 aliphatic carbocycles. The number of carbonyl (C=O) groups is 1. The van der Waals surface area contributed by atoms with Crippen LogP contribution < -0.4 is 0 Å². The van der Waals surface area contributed by atoms with E-state index in [2.05, 4.69) is 0 Å². The number of ether oxygens (including phenoxy) is 1. The Morgan fingerprint density at radius 1 is 1.57 bits per heavy atom. The second-order valence-electron chi connectivity index (χ2n) is 2.73. The Bertz CT molecular complexity index is 172. The predicted molar refractivity (Wildman–Crippen MR) is 50.5 cm³/mol. The van der Waals surface area contributed by atoms with E-state index in [1.807, 2.05) is 6.07 Å². The highest BCUT2D eigenvalue weighted by atomic mass is 16.5. The van der Waals surface area contributed by atoms with Crippen LogP contribution >= 0.6 is 0 Å². The zero-order valence-electron chi connectivity index (χ0n) is 8.56. The average molecular weight is 203 g/mol. The Morgan fingerprint density at radius 2 is 2.07 bits per heavy atom. The van der Waals surface area contributed by atoms with Crippen molar-refractivity contribution >= 4 is 5.78 Å². The minimum atomic E-state index is -0.821. The van der Waals surface area contributed by atoms with Gasteiger partial charge in [-0.25, -0.2) is 0 Å². The van der Waals surface area contributed by atoms with Gasteiger partial charge in [0.15, 0.2) is 0 Å². The Morgan fingerprint density at radius 3 is 2.43 bits per heavy atom. The summed E-state index contributed by atoms with van der Waals surface area (Å²) < 4.78 is 4.79. The van der Waals surface area contributed by atoms with Crippen LogP contribution in [0.15, 0.2) is 0 Å². The van der Waals surface area contributed by atoms with Gasteiger partial charge in [-0.3, -0.25) is 0 Å². The number of nitriles is 1. The SMILES string of the molecule is CC(C)=O.N#CCCOCC(O)CO. The number of nitrogens with zero attached hydrogens (tertiary/aromatic N) is 1. The van der Waals surface area contributed by atoms with Crippen molar-refractivity contribution in [3.63, 3.8) is 0 Å². The smallest absolute Gasteiger partial charge is 0.126 e. The van der Waals surface area contributed by atoms with E-state index in [0.717, 1.165) is 0 Å². The van der Waals surface area contributed by atoms with Crippen molar-refractivity contribution in [1.29, 1.82) is 5.26 Å². The molecule has 82 valence electrons. The van der Waals surface area contributed by atoms with Crippen molar-refractivity contribution in [1.82, 2.24) is 0 Å². The maximum absolute atomic E-state index is 9.44. The number of aliphatic hydroxyl groups excluding tert-OH is 2. The van der Waals surface area contributed by atoms with Crippen LogP contribution in [0.5, 0.6) is 0 Å². The molecule has 0 fully saturated rings. The highest BCUT2D eigenvalue weighted by molar-refractivity contribution is 5.72. The summed E-state index contributed by atoms with van der Waals surface area (Å²) in [7, 11) is 0. The molecule has 0 rings (SSSR count). The molecule has 1 atom stereocenters. The first kappa shape index (κ1) is 15.5. The molecule has 0 saturated heterocycles. The zero-order valence-corrected chi connectivity index (χ0v) is 8.56. The Balaban J connectivity index is 0. The zero-order chi connectivity index (χ0) is 11.4. The number of Topliss-reactive ketones (excluding diaryl/α,β-unsaturated/α-hetero) is 1. The van der Waals surface area contributed by atoms with E-state index in [0.29, 0.717) is 13.0 Å². The molecule has 0 heterocycles. The Hall–Kier alpha value is -0.960. The lowest BCUT2D eigenvalue weighted by molar-refractivity contribution is -0.114. The number of carbonyl (C=O) groups excluding carboxylic acids is 1. The third-order valence-corrected chi connectivity index (χ3v) is 0.879. The second-order valence-corrected chi connectivity index (χ2v) is 2.73. The minimum absolute atomic E-state index is 0.0954. The van der Waals surface area contributed by atoms with Crippen LogP contribution in [0.3, 0.4) is 0 Å². The first-order valence-corrected chi connectivity index (χ1v) is 4.25. The van der Waals surface area contributed by atoms with Gasteiger partial charge in [-0.2, -0.15) is 5.26 Å². The van der Waals surface area contributed by atoms with E-state index in [1.165, 1.54) is 13.8 Å². The van der Waals surface area contributed by atoms with Gasteiger partial charge in [-0.15, -0.1) is 0 Å². The molecule has 0 aromatic heterocycles. The summed E-state index contributed by atoms with van der Waals surface area (Å²) in [6, 6.07) is 1.89. The number of hydrogen-bond acceptors (Lipinski definition) is 5. The molecule has 0 bridgehead atoms. The second kappa shape index (κ2) is 12.0. The molecule has 0 spiro atoms. The van der Waals surface area contributed by atoms with Gasteiger partial charge in [0.1, 0.15) is 11.9 Å².